The molecule has 6 atom stereocenters. The minimum atomic E-state index is -0.594. The molecule has 1 amide bonds. The number of nitriles is 1. The minimum Gasteiger partial charge on any atom is -0.390 e. The van der Waals surface area contributed by atoms with Crippen molar-refractivity contribution >= 4 is 5.91 Å². The summed E-state index contributed by atoms with van der Waals surface area (Å²) in [4.78, 5) is 14.9. The Morgan fingerprint density at radius 2 is 1.91 bits per heavy atom. The van der Waals surface area contributed by atoms with Crippen LogP contribution in [0.25, 0.3) is 0 Å². The zero-order chi connectivity index (χ0) is 16.0. The van der Waals surface area contributed by atoms with Crippen molar-refractivity contribution in [3.8, 4) is 6.07 Å². The van der Waals surface area contributed by atoms with Gasteiger partial charge in [-0.15, -0.1) is 0 Å². The van der Waals surface area contributed by atoms with Gasteiger partial charge >= 0.3 is 0 Å². The molecule has 1 aliphatic heterocycles. The molecule has 5 nitrogen and oxygen atoms in total. The minimum absolute atomic E-state index is 0.0212. The lowest BCUT2D eigenvalue weighted by atomic mass is 9.46. The van der Waals surface area contributed by atoms with E-state index in [9.17, 15) is 15.2 Å². The number of hydrogen-bond donors (Lipinski definition) is 2. The predicted octanol–water partition coefficient (Wildman–Crippen LogP) is 1.16. The molecule has 5 saturated carbocycles. The number of piperidine rings is 1. The van der Waals surface area contributed by atoms with Gasteiger partial charge in [0.15, 0.2) is 0 Å². The molecular formula is C18H25N3O2. The van der Waals surface area contributed by atoms with E-state index < -0.39 is 11.6 Å². The molecular weight excluding hydrogens is 290 g/mol. The number of nitrogens with zero attached hydrogens (tertiary/aromatic N) is 2. The van der Waals surface area contributed by atoms with E-state index in [1.54, 1.807) is 4.90 Å². The number of carbonyl (C=O) groups excluding carboxylic acids is 1. The van der Waals surface area contributed by atoms with Crippen molar-refractivity contribution in [1.82, 2.24) is 4.90 Å². The zero-order valence-corrected chi connectivity index (χ0v) is 13.4. The summed E-state index contributed by atoms with van der Waals surface area (Å²) in [6.45, 7) is 0. The molecule has 4 bridgehead atoms. The molecule has 6 aliphatic rings. The van der Waals surface area contributed by atoms with Crippen molar-refractivity contribution in [2.45, 2.75) is 75.1 Å². The monoisotopic (exact) mass is 315 g/mol. The lowest BCUT2D eigenvalue weighted by Gasteiger charge is -2.61. The third-order valence-electron chi connectivity index (χ3n) is 7.51. The quantitative estimate of drug-likeness (QED) is 0.800. The first-order valence-electron chi connectivity index (χ1n) is 9.13. The van der Waals surface area contributed by atoms with Gasteiger partial charge in [-0.3, -0.25) is 4.79 Å². The first-order chi connectivity index (χ1) is 10.9. The summed E-state index contributed by atoms with van der Waals surface area (Å²) in [5.41, 5.74) is 5.71. The summed E-state index contributed by atoms with van der Waals surface area (Å²) in [6, 6.07) is 1.72. The number of rotatable bonds is 2. The Labute approximate surface area is 136 Å². The Balaban J connectivity index is 1.43. The molecule has 0 unspecified atom stereocenters. The maximum atomic E-state index is 13.1. The van der Waals surface area contributed by atoms with E-state index in [1.807, 2.05) is 0 Å². The Morgan fingerprint density at radius 1 is 1.22 bits per heavy atom. The Kier molecular flexibility index (Phi) is 2.65. The van der Waals surface area contributed by atoms with Crippen molar-refractivity contribution in [3.05, 3.63) is 0 Å². The average molecular weight is 315 g/mol. The third kappa shape index (κ3) is 1.88. The largest absolute Gasteiger partial charge is 0.390 e. The number of likely N-dealkylation sites (tertiary alicyclic amines) is 1. The summed E-state index contributed by atoms with van der Waals surface area (Å²) in [6.07, 6.45) is 7.48. The highest BCUT2D eigenvalue weighted by molar-refractivity contribution is 5.84. The fourth-order valence-electron chi connectivity index (χ4n) is 6.96. The van der Waals surface area contributed by atoms with Crippen molar-refractivity contribution in [2.24, 2.45) is 28.9 Å². The summed E-state index contributed by atoms with van der Waals surface area (Å²) in [7, 11) is 0. The second-order valence-corrected chi connectivity index (χ2v) is 9.21. The summed E-state index contributed by atoms with van der Waals surface area (Å²) in [5.74, 6) is 1.56. The van der Waals surface area contributed by atoms with Gasteiger partial charge in [-0.2, -0.15) is 5.26 Å². The number of amides is 1. The lowest BCUT2D eigenvalue weighted by Crippen LogP contribution is -2.64. The Hall–Kier alpha value is -1.12. The van der Waals surface area contributed by atoms with Crippen LogP contribution < -0.4 is 5.73 Å². The first-order valence-corrected chi connectivity index (χ1v) is 9.13. The Morgan fingerprint density at radius 3 is 2.52 bits per heavy atom. The number of hydrogen-bond acceptors (Lipinski definition) is 4. The molecule has 6 rings (SSSR count). The van der Waals surface area contributed by atoms with Crippen molar-refractivity contribution in [2.75, 3.05) is 0 Å². The number of aliphatic hydroxyl groups is 1. The summed E-state index contributed by atoms with van der Waals surface area (Å²) >= 11 is 0. The predicted molar refractivity (Wildman–Crippen MR) is 82.8 cm³/mol. The van der Waals surface area contributed by atoms with Gasteiger partial charge in [-0.05, 0) is 74.5 Å². The van der Waals surface area contributed by atoms with Gasteiger partial charge in [0, 0.05) is 6.04 Å². The molecule has 0 radical (unpaired) electrons. The SMILES string of the molecule is N#C[C@@H]1C[C@@H]2C[C@H]2N1C(=O)[C@H](N)C12C[C@H]3C[C@@H](CC(O)(C3)C1)C2. The van der Waals surface area contributed by atoms with E-state index in [0.717, 1.165) is 38.5 Å². The molecule has 0 aromatic rings. The highest BCUT2D eigenvalue weighted by atomic mass is 16.3. The maximum Gasteiger partial charge on any atom is 0.241 e. The Bertz CT molecular complexity index is 598. The van der Waals surface area contributed by atoms with Crippen molar-refractivity contribution in [3.63, 3.8) is 0 Å². The molecule has 5 aliphatic carbocycles. The van der Waals surface area contributed by atoms with Crippen LogP contribution in [0, 0.1) is 34.5 Å². The second-order valence-electron chi connectivity index (χ2n) is 9.21. The van der Waals surface area contributed by atoms with Crippen molar-refractivity contribution in [1.29, 1.82) is 5.26 Å². The second kappa shape index (κ2) is 4.29. The van der Waals surface area contributed by atoms with Crippen LogP contribution in [0.1, 0.15) is 51.4 Å². The zero-order valence-electron chi connectivity index (χ0n) is 13.4. The third-order valence-corrected chi connectivity index (χ3v) is 7.51. The summed E-state index contributed by atoms with van der Waals surface area (Å²) < 4.78 is 0. The number of nitrogens with two attached hydrogens (primary N) is 1. The highest BCUT2D eigenvalue weighted by Crippen LogP contribution is 2.63. The van der Waals surface area contributed by atoms with E-state index in [-0.39, 0.29) is 23.4 Å². The molecule has 0 aromatic heterocycles. The van der Waals surface area contributed by atoms with Gasteiger partial charge in [-0.25, -0.2) is 0 Å². The molecule has 124 valence electrons. The van der Waals surface area contributed by atoms with Gasteiger partial charge in [0.25, 0.3) is 0 Å². The van der Waals surface area contributed by atoms with Crippen LogP contribution in [0.4, 0.5) is 0 Å². The molecule has 6 fully saturated rings. The summed E-state index contributed by atoms with van der Waals surface area (Å²) in [5, 5.41) is 20.2. The normalized spacial score (nSPS) is 53.8. The molecule has 3 N–H and O–H groups in total. The number of fused-ring (bicyclic) bond motifs is 1. The smallest absolute Gasteiger partial charge is 0.241 e. The van der Waals surface area contributed by atoms with Crippen LogP contribution in [0.3, 0.4) is 0 Å². The van der Waals surface area contributed by atoms with Crippen LogP contribution >= 0.6 is 0 Å². The molecule has 1 saturated heterocycles. The van der Waals surface area contributed by atoms with Gasteiger partial charge in [0.05, 0.1) is 17.7 Å². The van der Waals surface area contributed by atoms with Gasteiger partial charge < -0.3 is 15.7 Å². The van der Waals surface area contributed by atoms with Crippen LogP contribution in [0.15, 0.2) is 0 Å². The van der Waals surface area contributed by atoms with Crippen LogP contribution in [-0.2, 0) is 4.79 Å². The fourth-order valence-corrected chi connectivity index (χ4v) is 6.96. The lowest BCUT2D eigenvalue weighted by molar-refractivity contribution is -0.177. The van der Waals surface area contributed by atoms with E-state index in [0.29, 0.717) is 24.2 Å². The molecule has 5 heteroatoms. The van der Waals surface area contributed by atoms with Crippen molar-refractivity contribution < 1.29 is 9.90 Å². The number of carbonyl (C=O) groups is 1. The average Bonchev–Trinajstić information content (AvgIpc) is 3.14. The van der Waals surface area contributed by atoms with E-state index in [4.69, 9.17) is 5.73 Å². The topological polar surface area (TPSA) is 90.4 Å². The van der Waals surface area contributed by atoms with Crippen LogP contribution in [0.5, 0.6) is 0 Å². The highest BCUT2D eigenvalue weighted by Gasteiger charge is 2.62. The molecule has 0 spiro atoms. The van der Waals surface area contributed by atoms with Crippen LogP contribution in [-0.4, -0.2) is 39.6 Å². The molecule has 0 aromatic carbocycles. The standard InChI is InChI=1S/C18H25N3O2/c19-8-13-2-12-3-14(12)21(13)16(22)15(20)17-4-10-1-11(5-17)7-18(23,6-10)9-17/h10-15,23H,1-7,9,20H2/t10-,11-,12-,13+,14-,15+,17?,18?/m1/s1. The van der Waals surface area contributed by atoms with E-state index >= 15 is 0 Å². The molecule has 23 heavy (non-hydrogen) atoms. The first kappa shape index (κ1) is 14.2. The fraction of sp³-hybridized carbons (Fsp3) is 0.889. The van der Waals surface area contributed by atoms with Gasteiger partial charge in [0.2, 0.25) is 5.91 Å². The van der Waals surface area contributed by atoms with E-state index in [2.05, 4.69) is 6.07 Å². The van der Waals surface area contributed by atoms with Gasteiger partial charge in [0.1, 0.15) is 6.04 Å². The van der Waals surface area contributed by atoms with E-state index in [1.165, 1.54) is 6.42 Å². The molecule has 1 heterocycles. The van der Waals surface area contributed by atoms with Gasteiger partial charge in [-0.1, -0.05) is 0 Å². The van der Waals surface area contributed by atoms with Crippen LogP contribution in [0.2, 0.25) is 0 Å². The maximum absolute atomic E-state index is 13.1.